The third-order valence-corrected chi connectivity index (χ3v) is 3.40. The number of nitrogens with zero attached hydrogens (tertiary/aromatic N) is 1. The Hall–Kier alpha value is -0.870. The van der Waals surface area contributed by atoms with Gasteiger partial charge in [-0.25, -0.2) is 0 Å². The van der Waals surface area contributed by atoms with Crippen molar-refractivity contribution in [3.8, 4) is 0 Å². The Morgan fingerprint density at radius 3 is 2.88 bits per heavy atom. The Kier molecular flexibility index (Phi) is 3.84. The monoisotopic (exact) mass is 296 g/mol. The van der Waals surface area contributed by atoms with Crippen LogP contribution in [0, 0.1) is 6.92 Å². The largest absolute Gasteiger partial charge is 0.336 e. The average molecular weight is 297 g/mol. The van der Waals surface area contributed by atoms with E-state index in [-0.39, 0.29) is 5.91 Å². The number of hydrogen-bond donors (Lipinski definition) is 1. The van der Waals surface area contributed by atoms with E-state index in [0.29, 0.717) is 6.04 Å². The molecule has 1 aromatic rings. The van der Waals surface area contributed by atoms with Crippen molar-refractivity contribution in [2.75, 3.05) is 19.6 Å². The molecular formula is C13H17BrN2O. The number of carbonyl (C=O) groups is 1. The van der Waals surface area contributed by atoms with E-state index in [9.17, 15) is 4.79 Å². The van der Waals surface area contributed by atoms with Gasteiger partial charge in [0, 0.05) is 35.7 Å². The third-order valence-electron chi connectivity index (χ3n) is 2.95. The maximum atomic E-state index is 12.3. The van der Waals surface area contributed by atoms with Gasteiger partial charge in [0.25, 0.3) is 5.91 Å². The van der Waals surface area contributed by atoms with Crippen LogP contribution in [0.1, 0.15) is 22.8 Å². The van der Waals surface area contributed by atoms with Crippen molar-refractivity contribution in [3.63, 3.8) is 0 Å². The third kappa shape index (κ3) is 3.07. The molecule has 1 atom stereocenters. The molecule has 0 aromatic heterocycles. The van der Waals surface area contributed by atoms with Crippen LogP contribution >= 0.6 is 15.9 Å². The molecule has 1 aliphatic rings. The summed E-state index contributed by atoms with van der Waals surface area (Å²) in [6.07, 6.45) is 0. The lowest BCUT2D eigenvalue weighted by Crippen LogP contribution is -2.51. The summed E-state index contributed by atoms with van der Waals surface area (Å²) in [6, 6.07) is 6.22. The zero-order valence-corrected chi connectivity index (χ0v) is 11.8. The Morgan fingerprint density at radius 2 is 2.24 bits per heavy atom. The fraction of sp³-hybridized carbons (Fsp3) is 0.462. The van der Waals surface area contributed by atoms with Gasteiger partial charge in [-0.1, -0.05) is 15.9 Å². The van der Waals surface area contributed by atoms with Crippen LogP contribution in [0.2, 0.25) is 0 Å². The number of aryl methyl sites for hydroxylation is 1. The summed E-state index contributed by atoms with van der Waals surface area (Å²) in [5.74, 6) is 0.128. The lowest BCUT2D eigenvalue weighted by molar-refractivity contribution is 0.0709. The SMILES string of the molecule is Cc1cc(Br)cc(C(=O)N2CCN[C@H](C)C2)c1. The van der Waals surface area contributed by atoms with E-state index in [2.05, 4.69) is 28.2 Å². The van der Waals surface area contributed by atoms with Gasteiger partial charge in [0.05, 0.1) is 0 Å². The number of halogens is 1. The standard InChI is InChI=1S/C13H17BrN2O/c1-9-5-11(7-12(14)6-9)13(17)16-4-3-15-10(2)8-16/h5-7,10,15H,3-4,8H2,1-2H3/t10-/m1/s1. The molecule has 92 valence electrons. The predicted molar refractivity (Wildman–Crippen MR) is 72.2 cm³/mol. The smallest absolute Gasteiger partial charge is 0.253 e. The Bertz CT molecular complexity index is 413. The second-order valence-electron chi connectivity index (χ2n) is 4.62. The van der Waals surface area contributed by atoms with Gasteiger partial charge in [-0.2, -0.15) is 0 Å². The normalized spacial score (nSPS) is 20.4. The van der Waals surface area contributed by atoms with E-state index in [1.807, 2.05) is 30.0 Å². The predicted octanol–water partition coefficient (Wildman–Crippen LogP) is 2.19. The first-order valence-corrected chi connectivity index (χ1v) is 6.65. The lowest BCUT2D eigenvalue weighted by Gasteiger charge is -2.32. The highest BCUT2D eigenvalue weighted by Gasteiger charge is 2.21. The number of carbonyl (C=O) groups excluding carboxylic acids is 1. The summed E-state index contributed by atoms with van der Waals surface area (Å²) in [4.78, 5) is 14.2. The van der Waals surface area contributed by atoms with E-state index in [1.54, 1.807) is 0 Å². The molecule has 1 fully saturated rings. The molecule has 2 rings (SSSR count). The molecule has 1 aliphatic heterocycles. The van der Waals surface area contributed by atoms with Crippen LogP contribution in [0.5, 0.6) is 0 Å². The maximum Gasteiger partial charge on any atom is 0.253 e. The van der Waals surface area contributed by atoms with Gasteiger partial charge in [-0.15, -0.1) is 0 Å². The number of benzene rings is 1. The van der Waals surface area contributed by atoms with Crippen LogP contribution in [0.4, 0.5) is 0 Å². The second-order valence-corrected chi connectivity index (χ2v) is 5.54. The van der Waals surface area contributed by atoms with Gasteiger partial charge in [-0.05, 0) is 37.6 Å². The minimum Gasteiger partial charge on any atom is -0.336 e. The molecule has 0 unspecified atom stereocenters. The number of nitrogens with one attached hydrogen (secondary N) is 1. The molecule has 0 aliphatic carbocycles. The van der Waals surface area contributed by atoms with E-state index in [4.69, 9.17) is 0 Å². The number of piperazine rings is 1. The van der Waals surface area contributed by atoms with Crippen molar-refractivity contribution in [2.24, 2.45) is 0 Å². The van der Waals surface area contributed by atoms with Gasteiger partial charge in [-0.3, -0.25) is 4.79 Å². The van der Waals surface area contributed by atoms with Crippen LogP contribution in [0.3, 0.4) is 0 Å². The minimum atomic E-state index is 0.128. The molecule has 0 saturated carbocycles. The lowest BCUT2D eigenvalue weighted by atomic mass is 10.1. The molecular weight excluding hydrogens is 280 g/mol. The highest BCUT2D eigenvalue weighted by atomic mass is 79.9. The van der Waals surface area contributed by atoms with Gasteiger partial charge in [0.1, 0.15) is 0 Å². The number of rotatable bonds is 1. The molecule has 0 radical (unpaired) electrons. The van der Waals surface area contributed by atoms with Crippen LogP contribution < -0.4 is 5.32 Å². The Balaban J connectivity index is 2.18. The van der Waals surface area contributed by atoms with Crippen molar-refractivity contribution < 1.29 is 4.79 Å². The molecule has 1 amide bonds. The Labute approximate surface area is 110 Å². The first-order chi connectivity index (χ1) is 8.06. The summed E-state index contributed by atoms with van der Waals surface area (Å²) in [6.45, 7) is 6.55. The molecule has 17 heavy (non-hydrogen) atoms. The minimum absolute atomic E-state index is 0.128. The van der Waals surface area contributed by atoms with Crippen molar-refractivity contribution >= 4 is 21.8 Å². The molecule has 1 heterocycles. The summed E-state index contributed by atoms with van der Waals surface area (Å²) in [5, 5.41) is 3.34. The van der Waals surface area contributed by atoms with Crippen molar-refractivity contribution in [1.82, 2.24) is 10.2 Å². The fourth-order valence-electron chi connectivity index (χ4n) is 2.16. The van der Waals surface area contributed by atoms with E-state index in [0.717, 1.165) is 35.2 Å². The highest BCUT2D eigenvalue weighted by Crippen LogP contribution is 2.17. The fourth-order valence-corrected chi connectivity index (χ4v) is 2.77. The van der Waals surface area contributed by atoms with E-state index in [1.165, 1.54) is 0 Å². The maximum absolute atomic E-state index is 12.3. The molecule has 4 heteroatoms. The average Bonchev–Trinajstić information content (AvgIpc) is 2.26. The molecule has 1 aromatic carbocycles. The number of amides is 1. The number of hydrogen-bond acceptors (Lipinski definition) is 2. The van der Waals surface area contributed by atoms with Crippen molar-refractivity contribution in [1.29, 1.82) is 0 Å². The second kappa shape index (κ2) is 5.19. The molecule has 0 bridgehead atoms. The van der Waals surface area contributed by atoms with E-state index < -0.39 is 0 Å². The highest BCUT2D eigenvalue weighted by molar-refractivity contribution is 9.10. The zero-order chi connectivity index (χ0) is 12.4. The first kappa shape index (κ1) is 12.6. The van der Waals surface area contributed by atoms with Crippen LogP contribution in [0.15, 0.2) is 22.7 Å². The first-order valence-electron chi connectivity index (χ1n) is 5.86. The molecule has 1 saturated heterocycles. The van der Waals surface area contributed by atoms with Gasteiger partial charge >= 0.3 is 0 Å². The summed E-state index contributed by atoms with van der Waals surface area (Å²) >= 11 is 3.43. The Morgan fingerprint density at radius 1 is 1.47 bits per heavy atom. The summed E-state index contributed by atoms with van der Waals surface area (Å²) < 4.78 is 0.962. The summed E-state index contributed by atoms with van der Waals surface area (Å²) in [7, 11) is 0. The van der Waals surface area contributed by atoms with Crippen molar-refractivity contribution in [2.45, 2.75) is 19.9 Å². The van der Waals surface area contributed by atoms with Gasteiger partial charge < -0.3 is 10.2 Å². The van der Waals surface area contributed by atoms with Gasteiger partial charge in [0.15, 0.2) is 0 Å². The van der Waals surface area contributed by atoms with Gasteiger partial charge in [0.2, 0.25) is 0 Å². The quantitative estimate of drug-likeness (QED) is 0.862. The van der Waals surface area contributed by atoms with Crippen LogP contribution in [-0.2, 0) is 0 Å². The zero-order valence-electron chi connectivity index (χ0n) is 10.2. The molecule has 1 N–H and O–H groups in total. The topological polar surface area (TPSA) is 32.3 Å². The van der Waals surface area contributed by atoms with E-state index >= 15 is 0 Å². The molecule has 0 spiro atoms. The van der Waals surface area contributed by atoms with Crippen LogP contribution in [0.25, 0.3) is 0 Å². The van der Waals surface area contributed by atoms with Crippen molar-refractivity contribution in [3.05, 3.63) is 33.8 Å². The summed E-state index contributed by atoms with van der Waals surface area (Å²) in [5.41, 5.74) is 1.87. The van der Waals surface area contributed by atoms with Crippen LogP contribution in [-0.4, -0.2) is 36.5 Å². The molecule has 3 nitrogen and oxygen atoms in total.